The van der Waals surface area contributed by atoms with Crippen LogP contribution in [0.5, 0.6) is 5.75 Å². The van der Waals surface area contributed by atoms with Gasteiger partial charge in [0.05, 0.1) is 13.2 Å². The Hall–Kier alpha value is -2.12. The molecule has 0 bridgehead atoms. The highest BCUT2D eigenvalue weighted by molar-refractivity contribution is 7.99. The quantitative estimate of drug-likeness (QED) is 0.804. The Labute approximate surface area is 155 Å². The maximum absolute atomic E-state index is 13.0. The Kier molecular flexibility index (Phi) is 6.11. The zero-order valence-electron chi connectivity index (χ0n) is 14.3. The molecule has 138 valence electrons. The molecule has 1 aliphatic heterocycles. The van der Waals surface area contributed by atoms with E-state index in [1.807, 2.05) is 29.2 Å². The van der Waals surface area contributed by atoms with E-state index in [1.165, 1.54) is 0 Å². The molecule has 1 N–H and O–H groups in total. The summed E-state index contributed by atoms with van der Waals surface area (Å²) in [6.07, 6.45) is 0. The zero-order chi connectivity index (χ0) is 18.5. The maximum atomic E-state index is 13.0. The molecule has 1 fully saturated rings. The molecule has 1 heterocycles. The lowest BCUT2D eigenvalue weighted by Crippen LogP contribution is -2.48. The summed E-state index contributed by atoms with van der Waals surface area (Å²) < 4.78 is 30.3. The van der Waals surface area contributed by atoms with Crippen LogP contribution in [0.2, 0.25) is 0 Å². The van der Waals surface area contributed by atoms with Crippen molar-refractivity contribution in [2.45, 2.75) is 16.7 Å². The third kappa shape index (κ3) is 4.16. The lowest BCUT2D eigenvalue weighted by atomic mass is 10.0. The van der Waals surface area contributed by atoms with Crippen LogP contribution in [0.4, 0.5) is 8.78 Å². The van der Waals surface area contributed by atoms with Crippen molar-refractivity contribution in [1.29, 1.82) is 0 Å². The van der Waals surface area contributed by atoms with Gasteiger partial charge < -0.3 is 15.0 Å². The monoisotopic (exact) mass is 378 g/mol. The van der Waals surface area contributed by atoms with Gasteiger partial charge in [0.15, 0.2) is 0 Å². The first-order valence-corrected chi connectivity index (χ1v) is 9.17. The Bertz CT molecular complexity index is 755. The van der Waals surface area contributed by atoms with Gasteiger partial charge in [-0.05, 0) is 30.3 Å². The van der Waals surface area contributed by atoms with E-state index >= 15 is 0 Å². The van der Waals surface area contributed by atoms with Gasteiger partial charge in [-0.3, -0.25) is 4.79 Å². The van der Waals surface area contributed by atoms with E-state index in [0.717, 1.165) is 11.3 Å². The predicted octanol–water partition coefficient (Wildman–Crippen LogP) is 3.80. The van der Waals surface area contributed by atoms with Crippen LogP contribution in [-0.2, 0) is 0 Å². The second-order valence-electron chi connectivity index (χ2n) is 5.86. The number of methoxy groups -OCH3 is 1. The summed E-state index contributed by atoms with van der Waals surface area (Å²) in [6.45, 7) is 1.90. The fraction of sp³-hybridized carbons (Fsp3) is 0.316. The smallest absolute Gasteiger partial charge is 0.288 e. The highest BCUT2D eigenvalue weighted by atomic mass is 32.2. The van der Waals surface area contributed by atoms with Crippen LogP contribution in [-0.4, -0.2) is 43.3 Å². The normalized spacial score (nSPS) is 17.4. The number of hydrogen-bond acceptors (Lipinski definition) is 4. The van der Waals surface area contributed by atoms with Crippen molar-refractivity contribution in [1.82, 2.24) is 10.2 Å². The molecule has 2 aromatic rings. The van der Waals surface area contributed by atoms with Gasteiger partial charge in [0, 0.05) is 35.7 Å². The molecule has 4 nitrogen and oxygen atoms in total. The van der Waals surface area contributed by atoms with Crippen LogP contribution in [0.3, 0.4) is 0 Å². The van der Waals surface area contributed by atoms with E-state index in [2.05, 4.69) is 5.32 Å². The van der Waals surface area contributed by atoms with Crippen LogP contribution in [0, 0.1) is 0 Å². The molecule has 0 saturated carbocycles. The molecule has 1 aliphatic rings. The molecule has 1 atom stereocenters. The van der Waals surface area contributed by atoms with E-state index in [9.17, 15) is 13.6 Å². The van der Waals surface area contributed by atoms with Gasteiger partial charge in [-0.25, -0.2) is 0 Å². The van der Waals surface area contributed by atoms with Gasteiger partial charge in [-0.1, -0.05) is 30.0 Å². The number of ether oxygens (including phenoxy) is 1. The Morgan fingerprint density at radius 3 is 2.65 bits per heavy atom. The molecule has 1 unspecified atom stereocenters. The van der Waals surface area contributed by atoms with Crippen LogP contribution < -0.4 is 10.1 Å². The van der Waals surface area contributed by atoms with Crippen molar-refractivity contribution in [3.8, 4) is 5.75 Å². The first-order chi connectivity index (χ1) is 12.6. The number of piperazine rings is 1. The molecule has 3 rings (SSSR count). The molecule has 26 heavy (non-hydrogen) atoms. The summed E-state index contributed by atoms with van der Waals surface area (Å²) in [5, 5.41) is 3.32. The van der Waals surface area contributed by atoms with Gasteiger partial charge in [-0.15, -0.1) is 0 Å². The number of nitrogens with one attached hydrogen (secondary N) is 1. The molecule has 1 amide bonds. The summed E-state index contributed by atoms with van der Waals surface area (Å²) in [5.74, 6) is -1.85. The van der Waals surface area contributed by atoms with E-state index < -0.39 is 5.76 Å². The van der Waals surface area contributed by atoms with E-state index in [-0.39, 0.29) is 11.9 Å². The van der Waals surface area contributed by atoms with Crippen LogP contribution in [0.1, 0.15) is 22.0 Å². The molecular weight excluding hydrogens is 358 g/mol. The number of thioether (sulfide) groups is 1. The lowest BCUT2D eigenvalue weighted by Gasteiger charge is -2.37. The van der Waals surface area contributed by atoms with Gasteiger partial charge in [0.1, 0.15) is 5.75 Å². The standard InChI is InChI=1S/C19H20F2N2O2S/c1-25-17-5-3-2-4-15(17)16-12-22-10-11-23(16)18(24)13-6-8-14(9-7-13)26-19(20)21/h2-9,16,19,22H,10-12H2,1H3. The first-order valence-electron chi connectivity index (χ1n) is 8.29. The molecule has 2 aromatic carbocycles. The summed E-state index contributed by atoms with van der Waals surface area (Å²) in [6, 6.07) is 13.8. The van der Waals surface area contributed by atoms with E-state index in [0.29, 0.717) is 41.9 Å². The average molecular weight is 378 g/mol. The Balaban J connectivity index is 1.84. The number of amides is 1. The van der Waals surface area contributed by atoms with E-state index in [4.69, 9.17) is 4.74 Å². The van der Waals surface area contributed by atoms with Crippen molar-refractivity contribution in [3.63, 3.8) is 0 Å². The topological polar surface area (TPSA) is 41.6 Å². The zero-order valence-corrected chi connectivity index (χ0v) is 15.1. The summed E-state index contributed by atoms with van der Waals surface area (Å²) in [5.41, 5.74) is 1.44. The fourth-order valence-corrected chi connectivity index (χ4v) is 3.61. The summed E-state index contributed by atoms with van der Waals surface area (Å²) >= 11 is 0.472. The predicted molar refractivity (Wildman–Crippen MR) is 97.9 cm³/mol. The number of para-hydroxylation sites is 1. The Morgan fingerprint density at radius 2 is 1.96 bits per heavy atom. The molecule has 0 aliphatic carbocycles. The number of carbonyl (C=O) groups is 1. The van der Waals surface area contributed by atoms with Crippen molar-refractivity contribution in [2.24, 2.45) is 0 Å². The molecule has 7 heteroatoms. The largest absolute Gasteiger partial charge is 0.496 e. The number of alkyl halides is 2. The summed E-state index contributed by atoms with van der Waals surface area (Å²) in [7, 11) is 1.61. The molecule has 0 spiro atoms. The minimum Gasteiger partial charge on any atom is -0.496 e. The minimum absolute atomic E-state index is 0.115. The third-order valence-corrected chi connectivity index (χ3v) is 5.05. The highest BCUT2D eigenvalue weighted by Gasteiger charge is 2.30. The van der Waals surface area contributed by atoms with Gasteiger partial charge in [-0.2, -0.15) is 8.78 Å². The second kappa shape index (κ2) is 8.51. The van der Waals surface area contributed by atoms with Crippen LogP contribution in [0.15, 0.2) is 53.4 Å². The maximum Gasteiger partial charge on any atom is 0.288 e. The number of benzene rings is 2. The molecule has 1 saturated heterocycles. The van der Waals surface area contributed by atoms with Crippen molar-refractivity contribution >= 4 is 17.7 Å². The number of nitrogens with zero attached hydrogens (tertiary/aromatic N) is 1. The van der Waals surface area contributed by atoms with Crippen molar-refractivity contribution in [3.05, 3.63) is 59.7 Å². The van der Waals surface area contributed by atoms with Crippen LogP contribution >= 0.6 is 11.8 Å². The van der Waals surface area contributed by atoms with Crippen molar-refractivity contribution < 1.29 is 18.3 Å². The number of rotatable bonds is 5. The number of hydrogen-bond donors (Lipinski definition) is 1. The van der Waals surface area contributed by atoms with Gasteiger partial charge in [0.2, 0.25) is 0 Å². The number of carbonyl (C=O) groups excluding carboxylic acids is 1. The third-order valence-electron chi connectivity index (χ3n) is 4.33. The highest BCUT2D eigenvalue weighted by Crippen LogP contribution is 2.31. The summed E-state index contributed by atoms with van der Waals surface area (Å²) in [4.78, 5) is 15.3. The molecule has 0 aromatic heterocycles. The second-order valence-corrected chi connectivity index (χ2v) is 6.93. The first kappa shape index (κ1) is 18.7. The number of halogens is 2. The van der Waals surface area contributed by atoms with Gasteiger partial charge in [0.25, 0.3) is 11.7 Å². The van der Waals surface area contributed by atoms with E-state index in [1.54, 1.807) is 31.4 Å². The molecule has 0 radical (unpaired) electrons. The average Bonchev–Trinajstić information content (AvgIpc) is 2.67. The van der Waals surface area contributed by atoms with Crippen molar-refractivity contribution in [2.75, 3.05) is 26.7 Å². The van der Waals surface area contributed by atoms with Crippen LogP contribution in [0.25, 0.3) is 0 Å². The SMILES string of the molecule is COc1ccccc1C1CNCCN1C(=O)c1ccc(SC(F)F)cc1. The van der Waals surface area contributed by atoms with Gasteiger partial charge >= 0.3 is 0 Å². The minimum atomic E-state index is -2.47. The Morgan fingerprint density at radius 1 is 1.23 bits per heavy atom. The fourth-order valence-electron chi connectivity index (χ4n) is 3.11. The lowest BCUT2D eigenvalue weighted by molar-refractivity contribution is 0.0631. The molecular formula is C19H20F2N2O2S.